The second-order valence-electron chi connectivity index (χ2n) is 2.29. The summed E-state index contributed by atoms with van der Waals surface area (Å²) in [6, 6.07) is 4.19. The summed E-state index contributed by atoms with van der Waals surface area (Å²) in [5.41, 5.74) is 6.66. The van der Waals surface area contributed by atoms with Crippen LogP contribution in [0.2, 0.25) is 5.02 Å². The van der Waals surface area contributed by atoms with Gasteiger partial charge in [0.05, 0.1) is 10.8 Å². The Morgan fingerprint density at radius 1 is 1.62 bits per heavy atom. The number of hydrogen-bond donors (Lipinski definition) is 0. The number of hydrogen-bond acceptors (Lipinski definition) is 2. The molecule has 1 radical (unpaired) electrons. The molecule has 0 aliphatic heterocycles. The van der Waals surface area contributed by atoms with Crippen molar-refractivity contribution in [2.45, 2.75) is 4.90 Å². The zero-order valence-corrected chi connectivity index (χ0v) is 8.08. The van der Waals surface area contributed by atoms with Gasteiger partial charge in [-0.3, -0.25) is 10.5 Å². The molecule has 0 bridgehead atoms. The van der Waals surface area contributed by atoms with Crippen molar-refractivity contribution < 1.29 is 9.18 Å². The van der Waals surface area contributed by atoms with Crippen LogP contribution in [-0.2, 0) is 4.79 Å². The van der Waals surface area contributed by atoms with Crippen LogP contribution in [0.5, 0.6) is 0 Å². The average Bonchev–Trinajstić information content (AvgIpc) is 2.07. The van der Waals surface area contributed by atoms with Gasteiger partial charge in [-0.1, -0.05) is 11.6 Å². The van der Waals surface area contributed by atoms with Crippen LogP contribution < -0.4 is 5.73 Å². The Kier molecular flexibility index (Phi) is 3.57. The van der Waals surface area contributed by atoms with Gasteiger partial charge in [0, 0.05) is 4.90 Å². The molecule has 69 valence electrons. The van der Waals surface area contributed by atoms with E-state index in [4.69, 9.17) is 17.3 Å². The van der Waals surface area contributed by atoms with Gasteiger partial charge >= 0.3 is 0 Å². The van der Waals surface area contributed by atoms with Crippen LogP contribution in [0, 0.1) is 5.82 Å². The van der Waals surface area contributed by atoms with Crippen LogP contribution in [0.15, 0.2) is 23.1 Å². The summed E-state index contributed by atoms with van der Waals surface area (Å²) >= 11 is 6.67. The lowest BCUT2D eigenvalue weighted by atomic mass is 10.3. The normalized spacial score (nSPS) is 10.0. The predicted octanol–water partition coefficient (Wildman–Crippen LogP) is 2.38. The van der Waals surface area contributed by atoms with E-state index in [1.807, 2.05) is 0 Å². The largest absolute Gasteiger partial charge is 0.272 e. The third-order valence-corrected chi connectivity index (χ3v) is 2.54. The summed E-state index contributed by atoms with van der Waals surface area (Å²) in [4.78, 5) is 11.0. The fourth-order valence-electron chi connectivity index (χ4n) is 0.716. The zero-order valence-electron chi connectivity index (χ0n) is 6.51. The second-order valence-corrected chi connectivity index (χ2v) is 3.74. The highest BCUT2D eigenvalue weighted by Crippen LogP contribution is 2.23. The van der Waals surface area contributed by atoms with E-state index in [-0.39, 0.29) is 10.8 Å². The molecular weight excluding hydrogens is 213 g/mol. The predicted molar refractivity (Wildman–Crippen MR) is 50.2 cm³/mol. The van der Waals surface area contributed by atoms with Gasteiger partial charge in [0.25, 0.3) is 0 Å². The highest BCUT2D eigenvalue weighted by Gasteiger charge is 2.02. The molecule has 13 heavy (non-hydrogen) atoms. The van der Waals surface area contributed by atoms with Crippen molar-refractivity contribution in [3.05, 3.63) is 29.0 Å². The lowest BCUT2D eigenvalue weighted by molar-refractivity contribution is -0.116. The van der Waals surface area contributed by atoms with Crippen molar-refractivity contribution in [3.8, 4) is 0 Å². The van der Waals surface area contributed by atoms with Gasteiger partial charge in [-0.25, -0.2) is 4.39 Å². The lowest BCUT2D eigenvalue weighted by Crippen LogP contribution is -2.00. The van der Waals surface area contributed by atoms with E-state index in [0.29, 0.717) is 4.90 Å². The van der Waals surface area contributed by atoms with E-state index in [1.54, 1.807) is 0 Å². The Bertz CT molecular complexity index is 332. The van der Waals surface area contributed by atoms with Gasteiger partial charge < -0.3 is 0 Å². The molecule has 0 aliphatic rings. The molecule has 1 aromatic carbocycles. The quantitative estimate of drug-likeness (QED) is 0.731. The summed E-state index contributed by atoms with van der Waals surface area (Å²) < 4.78 is 12.7. The zero-order chi connectivity index (χ0) is 9.84. The van der Waals surface area contributed by atoms with Gasteiger partial charge in [0.15, 0.2) is 0 Å². The van der Waals surface area contributed by atoms with Crippen LogP contribution in [0.4, 0.5) is 4.39 Å². The van der Waals surface area contributed by atoms with Crippen LogP contribution in [0.25, 0.3) is 0 Å². The van der Waals surface area contributed by atoms with E-state index < -0.39 is 11.7 Å². The number of amides is 1. The molecule has 0 aromatic heterocycles. The molecule has 0 aliphatic carbocycles. The third kappa shape index (κ3) is 3.24. The Morgan fingerprint density at radius 2 is 2.31 bits per heavy atom. The molecule has 5 heteroatoms. The van der Waals surface area contributed by atoms with Crippen molar-refractivity contribution in [3.63, 3.8) is 0 Å². The van der Waals surface area contributed by atoms with Gasteiger partial charge in [0.2, 0.25) is 5.91 Å². The first-order valence-electron chi connectivity index (χ1n) is 3.42. The first kappa shape index (κ1) is 10.3. The number of nitrogens with one attached hydrogen (secondary N) is 1. The Hall–Kier alpha value is -0.740. The van der Waals surface area contributed by atoms with Gasteiger partial charge in [-0.2, -0.15) is 0 Å². The third-order valence-electron chi connectivity index (χ3n) is 1.26. The standard InChI is InChI=1S/C8H6ClFNOS/c9-6-3-5(1-2-7(6)10)13-4-8(11)12/h1-3,11H,4H2. The molecule has 2 nitrogen and oxygen atoms in total. The first-order chi connectivity index (χ1) is 6.09. The number of carbonyl (C=O) groups is 1. The van der Waals surface area contributed by atoms with Crippen molar-refractivity contribution in [2.24, 2.45) is 0 Å². The number of rotatable bonds is 3. The summed E-state index contributed by atoms with van der Waals surface area (Å²) in [6.07, 6.45) is 0. The van der Waals surface area contributed by atoms with E-state index in [9.17, 15) is 9.18 Å². The number of carbonyl (C=O) groups excluding carboxylic acids is 1. The highest BCUT2D eigenvalue weighted by atomic mass is 35.5. The van der Waals surface area contributed by atoms with E-state index in [2.05, 4.69) is 0 Å². The minimum Gasteiger partial charge on any atom is -0.272 e. The maximum Gasteiger partial charge on any atom is 0.248 e. The molecule has 0 heterocycles. The minimum atomic E-state index is -0.662. The van der Waals surface area contributed by atoms with Crippen LogP contribution in [0.3, 0.4) is 0 Å². The summed E-state index contributed by atoms with van der Waals surface area (Å²) in [6.45, 7) is 0. The van der Waals surface area contributed by atoms with Crippen molar-refractivity contribution in [2.75, 3.05) is 5.75 Å². The molecular formula is C8H6ClFNOS. The Morgan fingerprint density at radius 3 is 2.85 bits per heavy atom. The van der Waals surface area contributed by atoms with E-state index >= 15 is 0 Å². The van der Waals surface area contributed by atoms with Crippen LogP contribution in [-0.4, -0.2) is 11.7 Å². The lowest BCUT2D eigenvalue weighted by Gasteiger charge is -1.99. The molecule has 1 N–H and O–H groups in total. The number of halogens is 2. The molecule has 0 spiro atoms. The molecule has 1 rings (SSSR count). The summed E-state index contributed by atoms with van der Waals surface area (Å²) in [5, 5.41) is 0.0300. The van der Waals surface area contributed by atoms with Gasteiger partial charge in [-0.05, 0) is 18.2 Å². The van der Waals surface area contributed by atoms with Crippen molar-refractivity contribution in [1.29, 1.82) is 0 Å². The molecule has 0 saturated heterocycles. The molecule has 0 fully saturated rings. The fraction of sp³-hybridized carbons (Fsp3) is 0.125. The minimum absolute atomic E-state index is 0.0300. The smallest absolute Gasteiger partial charge is 0.248 e. The average molecular weight is 219 g/mol. The first-order valence-corrected chi connectivity index (χ1v) is 4.78. The maximum atomic E-state index is 12.7. The SMILES string of the molecule is [NH]C(=O)CSc1ccc(F)c(Cl)c1. The van der Waals surface area contributed by atoms with Crippen molar-refractivity contribution in [1.82, 2.24) is 5.73 Å². The summed E-state index contributed by atoms with van der Waals surface area (Å²) in [7, 11) is 0. The van der Waals surface area contributed by atoms with E-state index in [1.165, 1.54) is 18.2 Å². The monoisotopic (exact) mass is 218 g/mol. The van der Waals surface area contributed by atoms with Crippen molar-refractivity contribution >= 4 is 29.3 Å². The number of benzene rings is 1. The molecule has 1 amide bonds. The topological polar surface area (TPSA) is 40.9 Å². The highest BCUT2D eigenvalue weighted by molar-refractivity contribution is 8.00. The van der Waals surface area contributed by atoms with Gasteiger partial charge in [0.1, 0.15) is 5.82 Å². The molecule has 0 unspecified atom stereocenters. The molecule has 0 atom stereocenters. The van der Waals surface area contributed by atoms with Gasteiger partial charge in [-0.15, -0.1) is 11.8 Å². The Labute approximate surface area is 84.3 Å². The molecule has 0 saturated carbocycles. The molecule has 1 aromatic rings. The second kappa shape index (κ2) is 4.48. The Balaban J connectivity index is 2.68. The fourth-order valence-corrected chi connectivity index (χ4v) is 1.62. The van der Waals surface area contributed by atoms with Crippen LogP contribution in [0.1, 0.15) is 0 Å². The maximum absolute atomic E-state index is 12.7. The summed E-state index contributed by atoms with van der Waals surface area (Å²) in [5.74, 6) is -1.09. The number of thioether (sulfide) groups is 1. The van der Waals surface area contributed by atoms with E-state index in [0.717, 1.165) is 11.8 Å². The van der Waals surface area contributed by atoms with Crippen LogP contribution >= 0.6 is 23.4 Å².